The lowest BCUT2D eigenvalue weighted by atomic mass is 9.90. The first-order chi connectivity index (χ1) is 16.1. The summed E-state index contributed by atoms with van der Waals surface area (Å²) < 4.78 is 0. The van der Waals surface area contributed by atoms with Crippen LogP contribution in [0.5, 0.6) is 0 Å². The maximum atomic E-state index is 13.0. The highest BCUT2D eigenvalue weighted by atomic mass is 16.2. The second-order valence-corrected chi connectivity index (χ2v) is 9.22. The number of piperazine rings is 1. The first-order valence-corrected chi connectivity index (χ1v) is 12.3. The number of hydrogen-bond acceptors (Lipinski definition) is 3. The van der Waals surface area contributed by atoms with Gasteiger partial charge in [0.15, 0.2) is 0 Å². The van der Waals surface area contributed by atoms with E-state index in [1.165, 1.54) is 11.1 Å². The maximum Gasteiger partial charge on any atom is 0.317 e. The minimum absolute atomic E-state index is 0.0553. The van der Waals surface area contributed by atoms with Gasteiger partial charge in [-0.1, -0.05) is 42.5 Å². The standard InChI is InChI=1S/C27H36N4O2/c1-2-28-27(33)31-14-12-23(13-15-31)20-22-8-10-25(11-9-22)26(32)30-18-16-29(17-19-30)21-24-6-4-3-5-7-24/h3-11,23H,2,12-21H2,1H3,(H,28,33). The summed E-state index contributed by atoms with van der Waals surface area (Å²) in [6.45, 7) is 8.58. The van der Waals surface area contributed by atoms with E-state index in [0.29, 0.717) is 12.5 Å². The Morgan fingerprint density at radius 3 is 2.12 bits per heavy atom. The van der Waals surface area contributed by atoms with Crippen LogP contribution in [0.25, 0.3) is 0 Å². The van der Waals surface area contributed by atoms with Crippen molar-refractivity contribution in [1.29, 1.82) is 0 Å². The predicted octanol–water partition coefficient (Wildman–Crippen LogP) is 3.63. The third-order valence-electron chi connectivity index (χ3n) is 6.86. The van der Waals surface area contributed by atoms with Gasteiger partial charge in [-0.3, -0.25) is 9.69 Å². The fourth-order valence-electron chi connectivity index (χ4n) is 4.85. The van der Waals surface area contributed by atoms with E-state index in [9.17, 15) is 9.59 Å². The van der Waals surface area contributed by atoms with Crippen LogP contribution in [-0.4, -0.2) is 72.5 Å². The van der Waals surface area contributed by atoms with E-state index in [2.05, 4.69) is 46.6 Å². The number of nitrogens with one attached hydrogen (secondary N) is 1. The van der Waals surface area contributed by atoms with Crippen LogP contribution in [0.1, 0.15) is 41.3 Å². The molecular weight excluding hydrogens is 412 g/mol. The highest BCUT2D eigenvalue weighted by Gasteiger charge is 2.24. The predicted molar refractivity (Wildman–Crippen MR) is 131 cm³/mol. The van der Waals surface area contributed by atoms with E-state index < -0.39 is 0 Å². The number of piperidine rings is 1. The number of hydrogen-bond donors (Lipinski definition) is 1. The molecule has 2 aliphatic heterocycles. The molecule has 6 heteroatoms. The van der Waals surface area contributed by atoms with Crippen molar-refractivity contribution in [3.05, 3.63) is 71.3 Å². The number of benzene rings is 2. The molecule has 0 atom stereocenters. The molecule has 3 amide bonds. The van der Waals surface area contributed by atoms with Gasteiger partial charge in [-0.2, -0.15) is 0 Å². The van der Waals surface area contributed by atoms with Gasteiger partial charge in [0.05, 0.1) is 0 Å². The molecule has 176 valence electrons. The summed E-state index contributed by atoms with van der Waals surface area (Å²) in [6.07, 6.45) is 3.08. The number of likely N-dealkylation sites (tertiary alicyclic amines) is 1. The third-order valence-corrected chi connectivity index (χ3v) is 6.86. The Morgan fingerprint density at radius 2 is 1.48 bits per heavy atom. The van der Waals surface area contributed by atoms with Crippen molar-refractivity contribution in [3.8, 4) is 0 Å². The van der Waals surface area contributed by atoms with Crippen molar-refractivity contribution in [3.63, 3.8) is 0 Å². The third kappa shape index (κ3) is 6.35. The average molecular weight is 449 g/mol. The lowest BCUT2D eigenvalue weighted by molar-refractivity contribution is 0.0628. The molecule has 2 aromatic carbocycles. The fourth-order valence-corrected chi connectivity index (χ4v) is 4.85. The van der Waals surface area contributed by atoms with E-state index in [1.807, 2.05) is 34.9 Å². The van der Waals surface area contributed by atoms with E-state index >= 15 is 0 Å². The Morgan fingerprint density at radius 1 is 0.818 bits per heavy atom. The van der Waals surface area contributed by atoms with Crippen LogP contribution >= 0.6 is 0 Å². The van der Waals surface area contributed by atoms with Crippen LogP contribution in [0.15, 0.2) is 54.6 Å². The molecule has 0 saturated carbocycles. The number of rotatable bonds is 6. The molecule has 0 spiro atoms. The molecular formula is C27H36N4O2. The number of urea groups is 1. The number of nitrogens with zero attached hydrogens (tertiary/aromatic N) is 3. The van der Waals surface area contributed by atoms with Crippen molar-refractivity contribution < 1.29 is 9.59 Å². The summed E-state index contributed by atoms with van der Waals surface area (Å²) in [5.74, 6) is 0.728. The van der Waals surface area contributed by atoms with Crippen molar-refractivity contribution in [2.24, 2.45) is 5.92 Å². The monoisotopic (exact) mass is 448 g/mol. The van der Waals surface area contributed by atoms with Gasteiger partial charge in [0.1, 0.15) is 0 Å². The normalized spacial score (nSPS) is 17.7. The minimum atomic E-state index is 0.0553. The van der Waals surface area contributed by atoms with E-state index in [4.69, 9.17) is 0 Å². The average Bonchev–Trinajstić information content (AvgIpc) is 2.86. The van der Waals surface area contributed by atoms with Crippen molar-refractivity contribution in [1.82, 2.24) is 20.0 Å². The molecule has 1 N–H and O–H groups in total. The second-order valence-electron chi connectivity index (χ2n) is 9.22. The van der Waals surface area contributed by atoms with Gasteiger partial charge in [0, 0.05) is 57.9 Å². The van der Waals surface area contributed by atoms with Gasteiger partial charge < -0.3 is 15.1 Å². The molecule has 0 unspecified atom stereocenters. The first kappa shape index (κ1) is 23.3. The van der Waals surface area contributed by atoms with Crippen LogP contribution in [0.2, 0.25) is 0 Å². The molecule has 4 rings (SSSR count). The van der Waals surface area contributed by atoms with E-state index in [-0.39, 0.29) is 11.9 Å². The summed E-state index contributed by atoms with van der Waals surface area (Å²) in [6, 6.07) is 18.8. The zero-order valence-corrected chi connectivity index (χ0v) is 19.7. The van der Waals surface area contributed by atoms with E-state index in [1.54, 1.807) is 0 Å². The Balaban J connectivity index is 1.22. The largest absolute Gasteiger partial charge is 0.338 e. The molecule has 2 fully saturated rings. The maximum absolute atomic E-state index is 13.0. The first-order valence-electron chi connectivity index (χ1n) is 12.3. The zero-order chi connectivity index (χ0) is 23.0. The molecule has 0 bridgehead atoms. The molecule has 0 radical (unpaired) electrons. The van der Waals surface area contributed by atoms with Crippen molar-refractivity contribution in [2.75, 3.05) is 45.8 Å². The van der Waals surface area contributed by atoms with Gasteiger partial charge in [0.2, 0.25) is 0 Å². The van der Waals surface area contributed by atoms with Crippen molar-refractivity contribution in [2.45, 2.75) is 32.7 Å². The highest BCUT2D eigenvalue weighted by molar-refractivity contribution is 5.94. The molecule has 2 aromatic rings. The summed E-state index contributed by atoms with van der Waals surface area (Å²) in [7, 11) is 0. The molecule has 6 nitrogen and oxygen atoms in total. The molecule has 0 aromatic heterocycles. The Kier molecular flexibility index (Phi) is 8.00. The number of carbonyl (C=O) groups excluding carboxylic acids is 2. The lowest BCUT2D eigenvalue weighted by Crippen LogP contribution is -2.48. The molecule has 2 saturated heterocycles. The van der Waals surface area contributed by atoms with Crippen molar-refractivity contribution >= 4 is 11.9 Å². The topological polar surface area (TPSA) is 55.9 Å². The Labute approximate surface area is 197 Å². The van der Waals surface area contributed by atoms with Gasteiger partial charge in [0.25, 0.3) is 5.91 Å². The van der Waals surface area contributed by atoms with Crippen LogP contribution < -0.4 is 5.32 Å². The minimum Gasteiger partial charge on any atom is -0.338 e. The Bertz CT molecular complexity index is 899. The van der Waals surface area contributed by atoms with Gasteiger partial charge in [-0.05, 0) is 55.4 Å². The molecule has 2 heterocycles. The van der Waals surface area contributed by atoms with Crippen LogP contribution in [0.3, 0.4) is 0 Å². The van der Waals surface area contributed by atoms with E-state index in [0.717, 1.165) is 70.6 Å². The summed E-state index contributed by atoms with van der Waals surface area (Å²) in [4.78, 5) is 31.3. The summed E-state index contributed by atoms with van der Waals surface area (Å²) in [5, 5.41) is 2.89. The molecule has 0 aliphatic carbocycles. The smallest absolute Gasteiger partial charge is 0.317 e. The van der Waals surface area contributed by atoms with Crippen LogP contribution in [0, 0.1) is 5.92 Å². The fraction of sp³-hybridized carbons (Fsp3) is 0.481. The zero-order valence-electron chi connectivity index (χ0n) is 19.7. The van der Waals surface area contributed by atoms with Gasteiger partial charge in [-0.15, -0.1) is 0 Å². The van der Waals surface area contributed by atoms with Gasteiger partial charge >= 0.3 is 6.03 Å². The summed E-state index contributed by atoms with van der Waals surface area (Å²) in [5.41, 5.74) is 3.37. The van der Waals surface area contributed by atoms with Crippen LogP contribution in [0.4, 0.5) is 4.79 Å². The lowest BCUT2D eigenvalue weighted by Gasteiger charge is -2.35. The van der Waals surface area contributed by atoms with Gasteiger partial charge in [-0.25, -0.2) is 4.79 Å². The Hall–Kier alpha value is -2.86. The molecule has 33 heavy (non-hydrogen) atoms. The number of carbonyl (C=O) groups is 2. The molecule has 2 aliphatic rings. The second kappa shape index (κ2) is 11.3. The number of amides is 3. The quantitative estimate of drug-likeness (QED) is 0.734. The highest BCUT2D eigenvalue weighted by Crippen LogP contribution is 2.22. The SMILES string of the molecule is CCNC(=O)N1CCC(Cc2ccc(C(=O)N3CCN(Cc4ccccc4)CC3)cc2)CC1. The summed E-state index contributed by atoms with van der Waals surface area (Å²) >= 11 is 0. The van der Waals surface area contributed by atoms with Crippen LogP contribution in [-0.2, 0) is 13.0 Å².